The molecule has 0 bridgehead atoms. The molecule has 0 aliphatic carbocycles. The lowest BCUT2D eigenvalue weighted by Crippen LogP contribution is -2.16. The van der Waals surface area contributed by atoms with E-state index in [-0.39, 0.29) is 10.9 Å². The van der Waals surface area contributed by atoms with E-state index in [0.717, 1.165) is 12.8 Å². The second-order valence-electron chi connectivity index (χ2n) is 4.10. The summed E-state index contributed by atoms with van der Waals surface area (Å²) >= 11 is 6.01. The molecule has 0 fully saturated rings. The normalized spacial score (nSPS) is 13.1. The predicted molar refractivity (Wildman–Crippen MR) is 75.3 cm³/mol. The fourth-order valence-corrected chi connectivity index (χ4v) is 2.21. The molecule has 0 saturated heterocycles. The Bertz CT molecular complexity index is 529. The van der Waals surface area contributed by atoms with Crippen molar-refractivity contribution in [3.8, 4) is 0 Å². The third-order valence-corrected chi connectivity index (χ3v) is 3.71. The molecular formula is C12H17ClN2O2S. The van der Waals surface area contributed by atoms with Gasteiger partial charge in [-0.25, -0.2) is 13.6 Å². The fourth-order valence-electron chi connectivity index (χ4n) is 1.50. The molecule has 1 unspecified atom stereocenters. The molecule has 0 amide bonds. The van der Waals surface area contributed by atoms with Crippen molar-refractivity contribution < 1.29 is 8.42 Å². The minimum Gasteiger partial charge on any atom is -0.381 e. The van der Waals surface area contributed by atoms with E-state index in [9.17, 15) is 8.42 Å². The zero-order chi connectivity index (χ0) is 13.8. The molecule has 1 rings (SSSR count). The smallest absolute Gasteiger partial charge is 0.238 e. The van der Waals surface area contributed by atoms with Crippen LogP contribution in [-0.4, -0.2) is 14.5 Å². The summed E-state index contributed by atoms with van der Waals surface area (Å²) in [6.07, 6.45) is 3.60. The highest BCUT2D eigenvalue weighted by atomic mass is 35.5. The van der Waals surface area contributed by atoms with Gasteiger partial charge in [-0.2, -0.15) is 0 Å². The third kappa shape index (κ3) is 4.33. The molecule has 4 nitrogen and oxygen atoms in total. The van der Waals surface area contributed by atoms with E-state index in [1.807, 2.05) is 13.0 Å². The largest absolute Gasteiger partial charge is 0.381 e. The van der Waals surface area contributed by atoms with Crippen molar-refractivity contribution in [2.45, 2.75) is 30.7 Å². The number of benzene rings is 1. The number of halogens is 1. The van der Waals surface area contributed by atoms with Crippen LogP contribution in [0.1, 0.15) is 19.8 Å². The molecule has 0 aliphatic heterocycles. The van der Waals surface area contributed by atoms with Crippen LogP contribution in [0.5, 0.6) is 0 Å². The zero-order valence-electron chi connectivity index (χ0n) is 10.2. The summed E-state index contributed by atoms with van der Waals surface area (Å²) in [5, 5.41) is 8.70. The minimum absolute atomic E-state index is 0.0466. The van der Waals surface area contributed by atoms with Crippen molar-refractivity contribution in [2.75, 3.05) is 5.32 Å². The maximum Gasteiger partial charge on any atom is 0.238 e. The lowest BCUT2D eigenvalue weighted by Gasteiger charge is -2.16. The Morgan fingerprint density at radius 1 is 1.56 bits per heavy atom. The van der Waals surface area contributed by atoms with Gasteiger partial charge in [0.05, 0.1) is 15.6 Å². The van der Waals surface area contributed by atoms with Gasteiger partial charge in [-0.15, -0.1) is 6.58 Å². The van der Waals surface area contributed by atoms with Crippen LogP contribution in [-0.2, 0) is 10.0 Å². The highest BCUT2D eigenvalue weighted by Gasteiger charge is 2.12. The monoisotopic (exact) mass is 288 g/mol. The SMILES string of the molecule is C=CCCC(C)Nc1cc(S(N)(=O)=O)ccc1Cl. The standard InChI is InChI=1S/C12H17ClN2O2S/c1-3-4-5-9(2)15-12-8-10(18(14,16)17)6-7-11(12)13/h3,6-9,15H,1,4-5H2,2H3,(H2,14,16,17). The van der Waals surface area contributed by atoms with Gasteiger partial charge in [0, 0.05) is 6.04 Å². The number of hydrogen-bond donors (Lipinski definition) is 2. The average Bonchev–Trinajstić information content (AvgIpc) is 2.28. The Balaban J connectivity index is 2.91. The summed E-state index contributed by atoms with van der Waals surface area (Å²) in [6.45, 7) is 5.64. The third-order valence-electron chi connectivity index (χ3n) is 2.47. The lowest BCUT2D eigenvalue weighted by atomic mass is 10.1. The lowest BCUT2D eigenvalue weighted by molar-refractivity contribution is 0.598. The van der Waals surface area contributed by atoms with Crippen LogP contribution in [0.4, 0.5) is 5.69 Å². The first-order valence-electron chi connectivity index (χ1n) is 5.54. The topological polar surface area (TPSA) is 72.2 Å². The zero-order valence-corrected chi connectivity index (χ0v) is 11.8. The summed E-state index contributed by atoms with van der Waals surface area (Å²) in [5.74, 6) is 0. The molecule has 0 aliphatic rings. The van der Waals surface area contributed by atoms with Gasteiger partial charge in [-0.1, -0.05) is 17.7 Å². The maximum absolute atomic E-state index is 11.2. The highest BCUT2D eigenvalue weighted by Crippen LogP contribution is 2.25. The van der Waals surface area contributed by atoms with Crippen molar-refractivity contribution in [1.29, 1.82) is 0 Å². The van der Waals surface area contributed by atoms with Gasteiger partial charge in [-0.3, -0.25) is 0 Å². The van der Waals surface area contributed by atoms with Gasteiger partial charge >= 0.3 is 0 Å². The van der Waals surface area contributed by atoms with Gasteiger partial charge in [-0.05, 0) is 38.0 Å². The second kappa shape index (κ2) is 6.22. The van der Waals surface area contributed by atoms with Gasteiger partial charge in [0.15, 0.2) is 0 Å². The van der Waals surface area contributed by atoms with Crippen LogP contribution in [0.3, 0.4) is 0 Å². The molecule has 0 heterocycles. The molecule has 1 aromatic carbocycles. The Morgan fingerprint density at radius 3 is 2.78 bits per heavy atom. The number of anilines is 1. The number of rotatable bonds is 6. The van der Waals surface area contributed by atoms with Crippen LogP contribution in [0.25, 0.3) is 0 Å². The van der Waals surface area contributed by atoms with E-state index >= 15 is 0 Å². The average molecular weight is 289 g/mol. The summed E-state index contributed by atoms with van der Waals surface area (Å²) in [5.41, 5.74) is 0.569. The minimum atomic E-state index is -3.71. The quantitative estimate of drug-likeness (QED) is 0.791. The molecule has 0 saturated carbocycles. The maximum atomic E-state index is 11.2. The van der Waals surface area contributed by atoms with E-state index < -0.39 is 10.0 Å². The highest BCUT2D eigenvalue weighted by molar-refractivity contribution is 7.89. The van der Waals surface area contributed by atoms with Crippen molar-refractivity contribution in [1.82, 2.24) is 0 Å². The van der Waals surface area contributed by atoms with Crippen LogP contribution in [0.15, 0.2) is 35.7 Å². The number of primary sulfonamides is 1. The number of hydrogen-bond acceptors (Lipinski definition) is 3. The van der Waals surface area contributed by atoms with Gasteiger partial charge in [0.2, 0.25) is 10.0 Å². The Kier molecular flexibility index (Phi) is 5.19. The van der Waals surface area contributed by atoms with Gasteiger partial charge in [0.1, 0.15) is 0 Å². The van der Waals surface area contributed by atoms with E-state index in [0.29, 0.717) is 10.7 Å². The van der Waals surface area contributed by atoms with Crippen molar-refractivity contribution in [2.24, 2.45) is 5.14 Å². The summed E-state index contributed by atoms with van der Waals surface area (Å²) in [4.78, 5) is 0.0466. The molecular weight excluding hydrogens is 272 g/mol. The fraction of sp³-hybridized carbons (Fsp3) is 0.333. The van der Waals surface area contributed by atoms with E-state index in [4.69, 9.17) is 16.7 Å². The molecule has 3 N–H and O–H groups in total. The van der Waals surface area contributed by atoms with Gasteiger partial charge < -0.3 is 5.32 Å². The molecule has 0 aromatic heterocycles. The number of sulfonamides is 1. The molecule has 6 heteroatoms. The Morgan fingerprint density at radius 2 is 2.22 bits per heavy atom. The Hall–Kier alpha value is -1.04. The molecule has 0 radical (unpaired) electrons. The molecule has 1 atom stereocenters. The van der Waals surface area contributed by atoms with Crippen LogP contribution in [0, 0.1) is 0 Å². The van der Waals surface area contributed by atoms with Crippen LogP contribution >= 0.6 is 11.6 Å². The number of allylic oxidation sites excluding steroid dienone is 1. The summed E-state index contributed by atoms with van der Waals surface area (Å²) in [7, 11) is -3.71. The van der Waals surface area contributed by atoms with Crippen molar-refractivity contribution >= 4 is 27.3 Å². The first-order chi connectivity index (χ1) is 8.34. The number of nitrogens with one attached hydrogen (secondary N) is 1. The van der Waals surface area contributed by atoms with E-state index in [1.54, 1.807) is 0 Å². The van der Waals surface area contributed by atoms with Crippen molar-refractivity contribution in [3.63, 3.8) is 0 Å². The van der Waals surface area contributed by atoms with E-state index in [1.165, 1.54) is 18.2 Å². The molecule has 18 heavy (non-hydrogen) atoms. The van der Waals surface area contributed by atoms with E-state index in [2.05, 4.69) is 11.9 Å². The van der Waals surface area contributed by atoms with Crippen molar-refractivity contribution in [3.05, 3.63) is 35.9 Å². The first kappa shape index (κ1) is 15.0. The van der Waals surface area contributed by atoms with Gasteiger partial charge in [0.25, 0.3) is 0 Å². The number of nitrogens with two attached hydrogens (primary N) is 1. The summed E-state index contributed by atoms with van der Waals surface area (Å²) < 4.78 is 22.5. The van der Waals surface area contributed by atoms with Crippen LogP contribution in [0.2, 0.25) is 5.02 Å². The predicted octanol–water partition coefficient (Wildman–Crippen LogP) is 2.75. The van der Waals surface area contributed by atoms with Crippen LogP contribution < -0.4 is 10.5 Å². The second-order valence-corrected chi connectivity index (χ2v) is 6.07. The molecule has 100 valence electrons. The summed E-state index contributed by atoms with van der Waals surface area (Å²) in [6, 6.07) is 4.51. The first-order valence-corrected chi connectivity index (χ1v) is 7.47. The molecule has 0 spiro atoms. The Labute approximate surface area is 113 Å². The molecule has 1 aromatic rings.